The Balaban J connectivity index is 2.75. The van der Waals surface area contributed by atoms with Crippen LogP contribution in [0, 0.1) is 11.3 Å². The lowest BCUT2D eigenvalue weighted by Gasteiger charge is -2.20. The number of carbonyl (C=O) groups excluding carboxylic acids is 2. The Kier molecular flexibility index (Phi) is 7.69. The van der Waals surface area contributed by atoms with Crippen molar-refractivity contribution in [2.75, 3.05) is 18.6 Å². The quantitative estimate of drug-likeness (QED) is 0.547. The zero-order valence-corrected chi connectivity index (χ0v) is 13.2. The second-order valence-electron chi connectivity index (χ2n) is 4.98. The third kappa shape index (κ3) is 5.57. The maximum absolute atomic E-state index is 12.2. The van der Waals surface area contributed by atoms with Gasteiger partial charge in [0.25, 0.3) is 0 Å². The summed E-state index contributed by atoms with van der Waals surface area (Å²) in [6, 6.07) is 9.63. The third-order valence-electron chi connectivity index (χ3n) is 3.37. The predicted molar refractivity (Wildman–Crippen MR) is 84.3 cm³/mol. The van der Waals surface area contributed by atoms with Crippen molar-refractivity contribution in [1.82, 2.24) is 0 Å². The van der Waals surface area contributed by atoms with Crippen LogP contribution in [0.25, 0.3) is 0 Å². The van der Waals surface area contributed by atoms with E-state index in [-0.39, 0.29) is 25.3 Å². The van der Waals surface area contributed by atoms with Gasteiger partial charge in [0.2, 0.25) is 5.91 Å². The summed E-state index contributed by atoms with van der Waals surface area (Å²) < 4.78 is 4.52. The summed E-state index contributed by atoms with van der Waals surface area (Å²) in [5.41, 5.74) is 1.89. The van der Waals surface area contributed by atoms with Crippen molar-refractivity contribution in [2.45, 2.75) is 39.0 Å². The van der Waals surface area contributed by atoms with E-state index in [2.05, 4.69) is 11.7 Å². The molecule has 22 heavy (non-hydrogen) atoms. The van der Waals surface area contributed by atoms with Crippen LogP contribution in [0.5, 0.6) is 0 Å². The van der Waals surface area contributed by atoms with E-state index in [1.807, 2.05) is 30.3 Å². The van der Waals surface area contributed by atoms with Gasteiger partial charge in [0.05, 0.1) is 19.6 Å². The largest absolute Gasteiger partial charge is 0.469 e. The average molecular weight is 302 g/mol. The van der Waals surface area contributed by atoms with Crippen LogP contribution in [0.3, 0.4) is 0 Å². The smallest absolute Gasteiger partial charge is 0.306 e. The Hall–Kier alpha value is -2.35. The molecule has 0 fully saturated rings. The molecule has 0 aromatic heterocycles. The molecule has 0 radical (unpaired) electrons. The molecular weight excluding hydrogens is 280 g/mol. The first kappa shape index (κ1) is 17.7. The van der Waals surface area contributed by atoms with Gasteiger partial charge in [0.15, 0.2) is 0 Å². The van der Waals surface area contributed by atoms with Gasteiger partial charge in [-0.1, -0.05) is 25.5 Å². The number of hydrogen-bond acceptors (Lipinski definition) is 4. The summed E-state index contributed by atoms with van der Waals surface area (Å²) in [6.07, 6.45) is 3.32. The van der Waals surface area contributed by atoms with Crippen LogP contribution in [0.4, 0.5) is 5.69 Å². The molecule has 1 amide bonds. The van der Waals surface area contributed by atoms with Crippen molar-refractivity contribution in [3.8, 4) is 6.07 Å². The molecular formula is C17H22N2O3. The van der Waals surface area contributed by atoms with Gasteiger partial charge in [-0.05, 0) is 30.5 Å². The number of nitriles is 1. The van der Waals surface area contributed by atoms with Crippen molar-refractivity contribution in [3.63, 3.8) is 0 Å². The lowest BCUT2D eigenvalue weighted by Crippen LogP contribution is -2.31. The van der Waals surface area contributed by atoms with Crippen LogP contribution in [-0.4, -0.2) is 25.5 Å². The molecule has 0 bridgehead atoms. The molecule has 5 nitrogen and oxygen atoms in total. The molecule has 0 saturated carbocycles. The van der Waals surface area contributed by atoms with E-state index in [1.54, 1.807) is 0 Å². The third-order valence-corrected chi connectivity index (χ3v) is 3.37. The highest BCUT2D eigenvalue weighted by Crippen LogP contribution is 2.18. The lowest BCUT2D eigenvalue weighted by molar-refractivity contribution is -0.141. The van der Waals surface area contributed by atoms with Gasteiger partial charge in [-0.2, -0.15) is 5.26 Å². The van der Waals surface area contributed by atoms with Crippen LogP contribution >= 0.6 is 0 Å². The normalized spacial score (nSPS) is 9.86. The van der Waals surface area contributed by atoms with Crippen molar-refractivity contribution in [3.05, 3.63) is 29.8 Å². The van der Waals surface area contributed by atoms with E-state index in [4.69, 9.17) is 5.26 Å². The molecule has 0 aliphatic heterocycles. The van der Waals surface area contributed by atoms with E-state index in [0.29, 0.717) is 5.69 Å². The predicted octanol–water partition coefficient (Wildman–Crippen LogP) is 2.84. The molecule has 0 heterocycles. The zero-order chi connectivity index (χ0) is 16.4. The molecule has 1 rings (SSSR count). The maximum atomic E-state index is 12.2. The maximum Gasteiger partial charge on any atom is 0.306 e. The number of benzene rings is 1. The van der Waals surface area contributed by atoms with E-state index >= 15 is 0 Å². The Morgan fingerprint density at radius 2 is 1.91 bits per heavy atom. The first-order valence-electron chi connectivity index (χ1n) is 7.45. The van der Waals surface area contributed by atoms with Crippen molar-refractivity contribution in [2.24, 2.45) is 0 Å². The molecule has 0 spiro atoms. The average Bonchev–Trinajstić information content (AvgIpc) is 2.55. The number of aryl methyl sites for hydroxylation is 1. The van der Waals surface area contributed by atoms with E-state index in [1.165, 1.54) is 17.6 Å². The van der Waals surface area contributed by atoms with Crippen molar-refractivity contribution < 1.29 is 14.3 Å². The number of amides is 1. The number of rotatable bonds is 8. The fraction of sp³-hybridized carbons (Fsp3) is 0.471. The van der Waals surface area contributed by atoms with Gasteiger partial charge in [0, 0.05) is 12.1 Å². The van der Waals surface area contributed by atoms with Crippen molar-refractivity contribution >= 4 is 17.6 Å². The highest BCUT2D eigenvalue weighted by atomic mass is 16.5. The Morgan fingerprint density at radius 1 is 1.23 bits per heavy atom. The van der Waals surface area contributed by atoms with Crippen LogP contribution in [-0.2, 0) is 20.7 Å². The SMILES string of the molecule is CCCCc1ccc(N(CC#N)C(=O)CCC(=O)OC)cc1. The van der Waals surface area contributed by atoms with Gasteiger partial charge < -0.3 is 4.74 Å². The number of unbranched alkanes of at least 4 members (excludes halogenated alkanes) is 1. The van der Waals surface area contributed by atoms with E-state index < -0.39 is 5.97 Å². The number of anilines is 1. The zero-order valence-electron chi connectivity index (χ0n) is 13.2. The lowest BCUT2D eigenvalue weighted by atomic mass is 10.1. The topological polar surface area (TPSA) is 70.4 Å². The van der Waals surface area contributed by atoms with Gasteiger partial charge in [-0.25, -0.2) is 0 Å². The van der Waals surface area contributed by atoms with Crippen molar-refractivity contribution in [1.29, 1.82) is 5.26 Å². The fourth-order valence-corrected chi connectivity index (χ4v) is 2.06. The summed E-state index contributed by atoms with van der Waals surface area (Å²) in [6.45, 7) is 2.11. The molecule has 0 aliphatic rings. The van der Waals surface area contributed by atoms with E-state index in [9.17, 15) is 9.59 Å². The molecule has 1 aromatic rings. The number of methoxy groups -OCH3 is 1. The van der Waals surface area contributed by atoms with Gasteiger partial charge >= 0.3 is 5.97 Å². The van der Waals surface area contributed by atoms with Crippen LogP contribution in [0.2, 0.25) is 0 Å². The minimum Gasteiger partial charge on any atom is -0.469 e. The summed E-state index contributed by atoms with van der Waals surface area (Å²) in [5, 5.41) is 8.91. The minimum absolute atomic E-state index is 0.0197. The van der Waals surface area contributed by atoms with E-state index in [0.717, 1.165) is 19.3 Å². The second kappa shape index (κ2) is 9.56. The Labute approximate surface area is 131 Å². The summed E-state index contributed by atoms with van der Waals surface area (Å²) in [4.78, 5) is 24.7. The molecule has 118 valence electrons. The molecule has 1 aromatic carbocycles. The molecule has 5 heteroatoms. The number of carbonyl (C=O) groups is 2. The highest BCUT2D eigenvalue weighted by Gasteiger charge is 2.16. The minimum atomic E-state index is -0.430. The number of hydrogen-bond donors (Lipinski definition) is 0. The van der Waals surface area contributed by atoms with Gasteiger partial charge in [0.1, 0.15) is 6.54 Å². The monoisotopic (exact) mass is 302 g/mol. The molecule has 0 saturated heterocycles. The first-order valence-corrected chi connectivity index (χ1v) is 7.45. The summed E-state index contributed by atoms with van der Waals surface area (Å²) >= 11 is 0. The Bertz CT molecular complexity index is 532. The van der Waals surface area contributed by atoms with Crippen LogP contribution in [0.15, 0.2) is 24.3 Å². The molecule has 0 unspecified atom stereocenters. The fourth-order valence-electron chi connectivity index (χ4n) is 2.06. The van der Waals surface area contributed by atoms with Crippen LogP contribution < -0.4 is 4.90 Å². The van der Waals surface area contributed by atoms with Crippen LogP contribution in [0.1, 0.15) is 38.2 Å². The first-order chi connectivity index (χ1) is 10.6. The summed E-state index contributed by atoms with van der Waals surface area (Å²) in [7, 11) is 1.29. The standard InChI is InChI=1S/C17H22N2O3/c1-3-4-5-14-6-8-15(9-7-14)19(13-12-18)16(20)10-11-17(21)22-2/h6-9H,3-5,10-11,13H2,1-2H3. The molecule has 0 N–H and O–H groups in total. The number of esters is 1. The summed E-state index contributed by atoms with van der Waals surface area (Å²) in [5.74, 6) is -0.687. The highest BCUT2D eigenvalue weighted by molar-refractivity contribution is 5.95. The van der Waals surface area contributed by atoms with Gasteiger partial charge in [-0.3, -0.25) is 14.5 Å². The number of ether oxygens (including phenoxy) is 1. The second-order valence-corrected chi connectivity index (χ2v) is 4.98. The van der Waals surface area contributed by atoms with Gasteiger partial charge in [-0.15, -0.1) is 0 Å². The molecule has 0 atom stereocenters. The number of nitrogens with zero attached hydrogens (tertiary/aromatic N) is 2. The molecule has 0 aliphatic carbocycles. The Morgan fingerprint density at radius 3 is 2.45 bits per heavy atom.